The number of hydrogen-bond acceptors (Lipinski definition) is 3. The maximum absolute atomic E-state index is 13.4. The van der Waals surface area contributed by atoms with E-state index in [0.29, 0.717) is 11.5 Å². The van der Waals surface area contributed by atoms with E-state index in [1.807, 2.05) is 19.1 Å². The molecule has 0 aliphatic carbocycles. The topological polar surface area (TPSA) is 59.0 Å². The molecular formula is C16H15FN2O. The molecule has 2 aromatic carbocycles. The van der Waals surface area contributed by atoms with Crippen LogP contribution in [-0.4, -0.2) is 0 Å². The Bertz CT molecular complexity index is 632. The van der Waals surface area contributed by atoms with Gasteiger partial charge < -0.3 is 10.5 Å². The van der Waals surface area contributed by atoms with Crippen LogP contribution < -0.4 is 10.5 Å². The number of hydrogen-bond donors (Lipinski definition) is 1. The number of ether oxygens (including phenoxy) is 1. The fourth-order valence-electron chi connectivity index (χ4n) is 1.80. The van der Waals surface area contributed by atoms with Crippen molar-refractivity contribution in [3.05, 3.63) is 59.4 Å². The van der Waals surface area contributed by atoms with Gasteiger partial charge in [0.05, 0.1) is 5.56 Å². The van der Waals surface area contributed by atoms with E-state index in [4.69, 9.17) is 15.7 Å². The van der Waals surface area contributed by atoms with Gasteiger partial charge in [0.25, 0.3) is 0 Å². The summed E-state index contributed by atoms with van der Waals surface area (Å²) in [6.45, 7) is 2.02. The Hall–Kier alpha value is -2.38. The largest absolute Gasteiger partial charge is 0.457 e. The molecule has 2 rings (SSSR count). The summed E-state index contributed by atoms with van der Waals surface area (Å²) in [6.07, 6.45) is 0.862. The molecule has 20 heavy (non-hydrogen) atoms. The molecule has 2 aromatic rings. The summed E-state index contributed by atoms with van der Waals surface area (Å²) >= 11 is 0. The van der Waals surface area contributed by atoms with Gasteiger partial charge in [0, 0.05) is 12.1 Å². The van der Waals surface area contributed by atoms with Crippen molar-refractivity contribution < 1.29 is 9.13 Å². The minimum Gasteiger partial charge on any atom is -0.457 e. The van der Waals surface area contributed by atoms with Crippen LogP contribution in [0, 0.1) is 17.1 Å². The second-order valence-electron chi connectivity index (χ2n) is 4.44. The van der Waals surface area contributed by atoms with Crippen LogP contribution >= 0.6 is 0 Å². The Labute approximate surface area is 117 Å². The van der Waals surface area contributed by atoms with E-state index >= 15 is 0 Å². The van der Waals surface area contributed by atoms with Crippen LogP contribution in [0.5, 0.6) is 11.5 Å². The fourth-order valence-corrected chi connectivity index (χ4v) is 1.80. The molecule has 2 N–H and O–H groups in total. The third-order valence-corrected chi connectivity index (χ3v) is 3.04. The van der Waals surface area contributed by atoms with Crippen molar-refractivity contribution in [3.63, 3.8) is 0 Å². The van der Waals surface area contributed by atoms with E-state index in [2.05, 4.69) is 0 Å². The van der Waals surface area contributed by atoms with Gasteiger partial charge in [-0.15, -0.1) is 0 Å². The summed E-state index contributed by atoms with van der Waals surface area (Å²) in [5.74, 6) is 0.366. The Morgan fingerprint density at radius 2 is 1.85 bits per heavy atom. The molecule has 0 aliphatic heterocycles. The highest BCUT2D eigenvalue weighted by Crippen LogP contribution is 2.25. The first-order chi connectivity index (χ1) is 9.63. The maximum atomic E-state index is 13.4. The molecule has 102 valence electrons. The number of halogens is 1. The van der Waals surface area contributed by atoms with Crippen LogP contribution in [-0.2, 0) is 0 Å². The smallest absolute Gasteiger partial charge is 0.144 e. The predicted octanol–water partition coefficient (Wildman–Crippen LogP) is 3.90. The SMILES string of the molecule is CC[C@H](N)c1ccc(Oc2ccc(C#N)c(F)c2)cc1. The van der Waals surface area contributed by atoms with Gasteiger partial charge in [-0.2, -0.15) is 5.26 Å². The molecule has 0 bridgehead atoms. The second kappa shape index (κ2) is 6.18. The quantitative estimate of drug-likeness (QED) is 0.916. The Morgan fingerprint density at radius 1 is 1.20 bits per heavy atom. The van der Waals surface area contributed by atoms with Gasteiger partial charge in [-0.05, 0) is 36.2 Å². The molecule has 0 unspecified atom stereocenters. The lowest BCUT2D eigenvalue weighted by Crippen LogP contribution is -2.07. The van der Waals surface area contributed by atoms with E-state index in [1.54, 1.807) is 24.3 Å². The van der Waals surface area contributed by atoms with Crippen molar-refractivity contribution >= 4 is 0 Å². The first-order valence-electron chi connectivity index (χ1n) is 6.37. The molecular weight excluding hydrogens is 255 g/mol. The van der Waals surface area contributed by atoms with Gasteiger partial charge in [0.15, 0.2) is 0 Å². The van der Waals surface area contributed by atoms with Crippen LogP contribution in [0.4, 0.5) is 4.39 Å². The molecule has 0 saturated heterocycles. The number of benzene rings is 2. The zero-order chi connectivity index (χ0) is 14.5. The Kier molecular flexibility index (Phi) is 4.34. The van der Waals surface area contributed by atoms with E-state index in [9.17, 15) is 4.39 Å². The van der Waals surface area contributed by atoms with Crippen molar-refractivity contribution in [2.24, 2.45) is 5.73 Å². The van der Waals surface area contributed by atoms with Crippen molar-refractivity contribution in [3.8, 4) is 17.6 Å². The van der Waals surface area contributed by atoms with E-state index < -0.39 is 5.82 Å². The normalized spacial score (nSPS) is 11.7. The van der Waals surface area contributed by atoms with Gasteiger partial charge in [-0.3, -0.25) is 0 Å². The van der Waals surface area contributed by atoms with Gasteiger partial charge >= 0.3 is 0 Å². The van der Waals surface area contributed by atoms with E-state index in [0.717, 1.165) is 12.0 Å². The van der Waals surface area contributed by atoms with Crippen molar-refractivity contribution in [1.29, 1.82) is 5.26 Å². The summed E-state index contributed by atoms with van der Waals surface area (Å²) in [7, 11) is 0. The lowest BCUT2D eigenvalue weighted by Gasteiger charge is -2.10. The maximum Gasteiger partial charge on any atom is 0.144 e. The third-order valence-electron chi connectivity index (χ3n) is 3.04. The van der Waals surface area contributed by atoms with Crippen LogP contribution in [0.25, 0.3) is 0 Å². The molecule has 4 heteroatoms. The van der Waals surface area contributed by atoms with Gasteiger partial charge in [-0.25, -0.2) is 4.39 Å². The summed E-state index contributed by atoms with van der Waals surface area (Å²) in [5.41, 5.74) is 6.96. The summed E-state index contributed by atoms with van der Waals surface area (Å²) in [4.78, 5) is 0. The molecule has 0 heterocycles. The molecule has 0 amide bonds. The molecule has 0 aliphatic rings. The van der Waals surface area contributed by atoms with Gasteiger partial charge in [0.2, 0.25) is 0 Å². The lowest BCUT2D eigenvalue weighted by molar-refractivity contribution is 0.476. The van der Waals surface area contributed by atoms with Gasteiger partial charge in [0.1, 0.15) is 23.4 Å². The minimum absolute atomic E-state index is 0.00150. The zero-order valence-electron chi connectivity index (χ0n) is 11.1. The van der Waals surface area contributed by atoms with E-state index in [-0.39, 0.29) is 11.6 Å². The number of nitrogens with zero attached hydrogens (tertiary/aromatic N) is 1. The zero-order valence-corrected chi connectivity index (χ0v) is 11.1. The average molecular weight is 270 g/mol. The van der Waals surface area contributed by atoms with Crippen molar-refractivity contribution in [2.75, 3.05) is 0 Å². The fraction of sp³-hybridized carbons (Fsp3) is 0.188. The minimum atomic E-state index is -0.588. The molecule has 1 atom stereocenters. The monoisotopic (exact) mass is 270 g/mol. The Morgan fingerprint density at radius 3 is 2.40 bits per heavy atom. The van der Waals surface area contributed by atoms with Crippen LogP contribution in [0.1, 0.15) is 30.5 Å². The number of rotatable bonds is 4. The highest BCUT2D eigenvalue weighted by molar-refractivity contribution is 5.39. The third kappa shape index (κ3) is 3.14. The van der Waals surface area contributed by atoms with Crippen LogP contribution in [0.15, 0.2) is 42.5 Å². The number of nitriles is 1. The molecule has 0 radical (unpaired) electrons. The van der Waals surface area contributed by atoms with Crippen molar-refractivity contribution in [1.82, 2.24) is 0 Å². The van der Waals surface area contributed by atoms with Crippen LogP contribution in [0.3, 0.4) is 0 Å². The molecule has 0 spiro atoms. The van der Waals surface area contributed by atoms with Crippen LogP contribution in [0.2, 0.25) is 0 Å². The first-order valence-corrected chi connectivity index (χ1v) is 6.37. The molecule has 0 aromatic heterocycles. The molecule has 0 fully saturated rings. The Balaban J connectivity index is 2.14. The molecule has 0 saturated carbocycles. The first kappa shape index (κ1) is 14.0. The summed E-state index contributed by atoms with van der Waals surface area (Å²) < 4.78 is 19.0. The highest BCUT2D eigenvalue weighted by atomic mass is 19.1. The average Bonchev–Trinajstić information content (AvgIpc) is 2.47. The lowest BCUT2D eigenvalue weighted by atomic mass is 10.1. The number of nitrogens with two attached hydrogens (primary N) is 1. The van der Waals surface area contributed by atoms with Gasteiger partial charge in [-0.1, -0.05) is 19.1 Å². The van der Waals surface area contributed by atoms with Crippen molar-refractivity contribution in [2.45, 2.75) is 19.4 Å². The summed E-state index contributed by atoms with van der Waals surface area (Å²) in [6, 6.07) is 13.3. The second-order valence-corrected chi connectivity index (χ2v) is 4.44. The molecule has 3 nitrogen and oxygen atoms in total. The predicted molar refractivity (Wildman–Crippen MR) is 74.9 cm³/mol. The van der Waals surface area contributed by atoms with E-state index in [1.165, 1.54) is 12.1 Å². The highest BCUT2D eigenvalue weighted by Gasteiger charge is 2.06. The summed E-state index contributed by atoms with van der Waals surface area (Å²) in [5, 5.41) is 8.66. The standard InChI is InChI=1S/C16H15FN2O/c1-2-16(19)11-3-6-13(7-4-11)20-14-8-5-12(10-18)15(17)9-14/h3-9,16H,2,19H2,1H3/t16-/m0/s1.